The fourth-order valence-electron chi connectivity index (χ4n) is 10.0. The standard InChI is InChI=1S/C32H46N2O4S/c1-18(5-10-28(37)34-30-33-25-9-6-21(38-4)17-27(25)39-30)22-7-8-23-29-24(12-14-32(22,23)3)31(2)13-11-20(35)15-19(31)16-26(29)36/h6,9,17-20,22-24,26,29,35-36H,5,7-8,10-16H2,1-4H3,(H,33,34,37)/t18-,19-,20-,22+,23-,24-,26+,29+,31+,32-/m1/s1. The van der Waals surface area contributed by atoms with Crippen LogP contribution in [-0.4, -0.2) is 40.4 Å². The highest BCUT2D eigenvalue weighted by Gasteiger charge is 2.62. The quantitative estimate of drug-likeness (QED) is 0.372. The molecule has 10 atom stereocenters. The highest BCUT2D eigenvalue weighted by molar-refractivity contribution is 7.22. The molecule has 0 spiro atoms. The van der Waals surface area contributed by atoms with E-state index in [4.69, 9.17) is 4.74 Å². The van der Waals surface area contributed by atoms with Gasteiger partial charge in [0.2, 0.25) is 5.91 Å². The Hall–Kier alpha value is -1.70. The summed E-state index contributed by atoms with van der Waals surface area (Å²) in [6.07, 6.45) is 9.55. The van der Waals surface area contributed by atoms with Gasteiger partial charge in [0.05, 0.1) is 29.5 Å². The van der Waals surface area contributed by atoms with Gasteiger partial charge in [-0.1, -0.05) is 32.1 Å². The number of carbonyl (C=O) groups excluding carboxylic acids is 1. The number of benzene rings is 1. The molecule has 1 aromatic carbocycles. The number of hydrogen-bond donors (Lipinski definition) is 3. The van der Waals surface area contributed by atoms with Crippen molar-refractivity contribution in [1.29, 1.82) is 0 Å². The fourth-order valence-corrected chi connectivity index (χ4v) is 10.9. The predicted octanol–water partition coefficient (Wildman–Crippen LogP) is 6.65. The molecule has 214 valence electrons. The number of fused-ring (bicyclic) bond motifs is 6. The van der Waals surface area contributed by atoms with Crippen LogP contribution < -0.4 is 10.1 Å². The smallest absolute Gasteiger partial charge is 0.226 e. The number of thiazole rings is 1. The summed E-state index contributed by atoms with van der Waals surface area (Å²) in [7, 11) is 1.65. The third-order valence-corrected chi connectivity index (χ3v) is 13.0. The van der Waals surface area contributed by atoms with E-state index in [1.807, 2.05) is 18.2 Å². The molecule has 0 aliphatic heterocycles. The van der Waals surface area contributed by atoms with Gasteiger partial charge in [-0.25, -0.2) is 4.98 Å². The van der Waals surface area contributed by atoms with Crippen LogP contribution in [0.4, 0.5) is 5.13 Å². The minimum absolute atomic E-state index is 0.0393. The van der Waals surface area contributed by atoms with Gasteiger partial charge >= 0.3 is 0 Å². The molecule has 4 fully saturated rings. The van der Waals surface area contributed by atoms with E-state index in [9.17, 15) is 15.0 Å². The number of methoxy groups -OCH3 is 1. The number of nitrogens with one attached hydrogen (secondary N) is 1. The maximum absolute atomic E-state index is 12.9. The molecule has 3 N–H and O–H groups in total. The van der Waals surface area contributed by atoms with Crippen LogP contribution in [0.3, 0.4) is 0 Å². The van der Waals surface area contributed by atoms with Gasteiger partial charge < -0.3 is 20.3 Å². The number of carbonyl (C=O) groups is 1. The summed E-state index contributed by atoms with van der Waals surface area (Å²) in [5.41, 5.74) is 1.37. The van der Waals surface area contributed by atoms with E-state index in [-0.39, 0.29) is 28.9 Å². The molecule has 6 nitrogen and oxygen atoms in total. The van der Waals surface area contributed by atoms with Crippen LogP contribution in [0.1, 0.15) is 85.0 Å². The fraction of sp³-hybridized carbons (Fsp3) is 0.750. The monoisotopic (exact) mass is 554 g/mol. The maximum atomic E-state index is 12.9. The summed E-state index contributed by atoms with van der Waals surface area (Å²) < 4.78 is 6.32. The minimum Gasteiger partial charge on any atom is -0.497 e. The van der Waals surface area contributed by atoms with Gasteiger partial charge in [-0.15, -0.1) is 0 Å². The van der Waals surface area contributed by atoms with Gasteiger partial charge in [-0.3, -0.25) is 4.79 Å². The predicted molar refractivity (Wildman–Crippen MR) is 156 cm³/mol. The first-order valence-corrected chi connectivity index (χ1v) is 16.0. The third kappa shape index (κ3) is 4.70. The van der Waals surface area contributed by atoms with Crippen LogP contribution in [0.25, 0.3) is 10.2 Å². The zero-order valence-electron chi connectivity index (χ0n) is 24.0. The number of nitrogens with zero attached hydrogens (tertiary/aromatic N) is 1. The van der Waals surface area contributed by atoms with Gasteiger partial charge in [0.15, 0.2) is 5.13 Å². The number of anilines is 1. The molecule has 0 saturated heterocycles. The summed E-state index contributed by atoms with van der Waals surface area (Å²) in [6.45, 7) is 7.33. The Labute approximate surface area is 236 Å². The van der Waals surface area contributed by atoms with Crippen LogP contribution >= 0.6 is 11.3 Å². The molecule has 4 aliphatic carbocycles. The van der Waals surface area contributed by atoms with Gasteiger partial charge in [-0.2, -0.15) is 0 Å². The zero-order valence-corrected chi connectivity index (χ0v) is 24.8. The number of amides is 1. The normalized spacial score (nSPS) is 40.4. The van der Waals surface area contributed by atoms with Crippen LogP contribution in [0.5, 0.6) is 5.75 Å². The first kappa shape index (κ1) is 27.5. The van der Waals surface area contributed by atoms with Crippen LogP contribution in [0, 0.1) is 46.3 Å². The molecule has 4 aliphatic rings. The molecule has 0 radical (unpaired) electrons. The summed E-state index contributed by atoms with van der Waals surface area (Å²) >= 11 is 1.49. The highest BCUT2D eigenvalue weighted by Crippen LogP contribution is 2.68. The van der Waals surface area contributed by atoms with E-state index in [1.165, 1.54) is 37.0 Å². The zero-order chi connectivity index (χ0) is 27.5. The molecule has 4 saturated carbocycles. The molecule has 7 heteroatoms. The molecule has 1 amide bonds. The van der Waals surface area contributed by atoms with Crippen molar-refractivity contribution < 1.29 is 19.7 Å². The number of ether oxygens (including phenoxy) is 1. The third-order valence-electron chi connectivity index (χ3n) is 12.1. The molecule has 0 unspecified atom stereocenters. The number of aliphatic hydroxyl groups is 2. The molecule has 39 heavy (non-hydrogen) atoms. The van der Waals surface area contributed by atoms with Crippen LogP contribution in [0.2, 0.25) is 0 Å². The Morgan fingerprint density at radius 3 is 2.69 bits per heavy atom. The van der Waals surface area contributed by atoms with E-state index in [2.05, 4.69) is 31.1 Å². The van der Waals surface area contributed by atoms with Crippen molar-refractivity contribution in [2.75, 3.05) is 12.4 Å². The lowest BCUT2D eigenvalue weighted by molar-refractivity contribution is -0.174. The Balaban J connectivity index is 1.09. The number of hydrogen-bond acceptors (Lipinski definition) is 6. The molecule has 6 rings (SSSR count). The van der Waals surface area contributed by atoms with Crippen molar-refractivity contribution >= 4 is 32.6 Å². The van der Waals surface area contributed by atoms with Crippen molar-refractivity contribution in [2.24, 2.45) is 46.3 Å². The van der Waals surface area contributed by atoms with Gasteiger partial charge in [0.25, 0.3) is 0 Å². The first-order chi connectivity index (χ1) is 18.6. The molecule has 1 heterocycles. The van der Waals surface area contributed by atoms with Crippen molar-refractivity contribution in [2.45, 2.75) is 97.2 Å². The molecule has 0 bridgehead atoms. The second kappa shape index (κ2) is 10.3. The maximum Gasteiger partial charge on any atom is 0.226 e. The van der Waals surface area contributed by atoms with Crippen molar-refractivity contribution in [3.8, 4) is 5.75 Å². The summed E-state index contributed by atoms with van der Waals surface area (Å²) in [5, 5.41) is 25.5. The van der Waals surface area contributed by atoms with Crippen molar-refractivity contribution in [3.63, 3.8) is 0 Å². The van der Waals surface area contributed by atoms with Gasteiger partial charge in [-0.05, 0) is 122 Å². The molecule has 2 aromatic rings. The Morgan fingerprint density at radius 2 is 1.90 bits per heavy atom. The Bertz CT molecular complexity index is 1220. The lowest BCUT2D eigenvalue weighted by Crippen LogP contribution is -2.58. The van der Waals surface area contributed by atoms with E-state index < -0.39 is 0 Å². The first-order valence-electron chi connectivity index (χ1n) is 15.2. The van der Waals surface area contributed by atoms with Crippen molar-refractivity contribution in [1.82, 2.24) is 4.98 Å². The number of rotatable bonds is 6. The highest BCUT2D eigenvalue weighted by atomic mass is 32.1. The minimum atomic E-state index is -0.239. The lowest BCUT2D eigenvalue weighted by Gasteiger charge is -2.62. The van der Waals surface area contributed by atoms with E-state index in [1.54, 1.807) is 7.11 Å². The molecular weight excluding hydrogens is 508 g/mol. The topological polar surface area (TPSA) is 91.7 Å². The lowest BCUT2D eigenvalue weighted by atomic mass is 9.43. The van der Waals surface area contributed by atoms with Crippen LogP contribution in [-0.2, 0) is 4.79 Å². The number of aromatic nitrogens is 1. The van der Waals surface area contributed by atoms with Gasteiger partial charge in [0.1, 0.15) is 5.75 Å². The van der Waals surface area contributed by atoms with Gasteiger partial charge in [0, 0.05) is 6.42 Å². The van der Waals surface area contributed by atoms with Crippen LogP contribution in [0.15, 0.2) is 18.2 Å². The van der Waals surface area contributed by atoms with E-state index in [0.717, 1.165) is 48.1 Å². The number of aliphatic hydroxyl groups excluding tert-OH is 2. The largest absolute Gasteiger partial charge is 0.497 e. The summed E-state index contributed by atoms with van der Waals surface area (Å²) in [4.78, 5) is 17.5. The second-order valence-electron chi connectivity index (χ2n) is 13.9. The van der Waals surface area contributed by atoms with Crippen molar-refractivity contribution in [3.05, 3.63) is 18.2 Å². The van der Waals surface area contributed by atoms with E-state index in [0.29, 0.717) is 47.1 Å². The molecular formula is C32H46N2O4S. The SMILES string of the molecule is COc1ccc2nc(NC(=O)CC[C@@H](C)[C@@H]3CC[C@@H]4[C@H]5[C@@H](CC[C@@]43C)[C@@]3(C)CC[C@@H](O)C[C@@H]3C[C@@H]5O)sc2c1. The van der Waals surface area contributed by atoms with E-state index >= 15 is 0 Å². The summed E-state index contributed by atoms with van der Waals surface area (Å²) in [6, 6.07) is 5.77. The summed E-state index contributed by atoms with van der Waals surface area (Å²) in [5.74, 6) is 3.88. The average Bonchev–Trinajstić information content (AvgIpc) is 3.47. The second-order valence-corrected chi connectivity index (χ2v) is 14.9. The Kier molecular flexibility index (Phi) is 7.25. The Morgan fingerprint density at radius 1 is 1.13 bits per heavy atom. The molecule has 1 aromatic heterocycles. The average molecular weight is 555 g/mol.